The molecule has 0 spiro atoms. The Balaban J connectivity index is 1.49. The quantitative estimate of drug-likeness (QED) is 0.231. The zero-order valence-electron chi connectivity index (χ0n) is 22.1. The van der Waals surface area contributed by atoms with E-state index in [1.807, 2.05) is 53.9 Å². The van der Waals surface area contributed by atoms with E-state index in [9.17, 15) is 18.8 Å². The van der Waals surface area contributed by atoms with Gasteiger partial charge in [-0.05, 0) is 65.2 Å². The van der Waals surface area contributed by atoms with Gasteiger partial charge < -0.3 is 10.2 Å². The lowest BCUT2D eigenvalue weighted by Crippen LogP contribution is -2.49. The fourth-order valence-electron chi connectivity index (χ4n) is 5.89. The number of amides is 2. The number of hydrogen-bond donors (Lipinski definition) is 1. The van der Waals surface area contributed by atoms with Gasteiger partial charge in [-0.25, -0.2) is 4.39 Å². The molecule has 1 N–H and O–H groups in total. The van der Waals surface area contributed by atoms with Crippen LogP contribution in [-0.2, 0) is 16.1 Å². The summed E-state index contributed by atoms with van der Waals surface area (Å²) < 4.78 is 13.5. The van der Waals surface area contributed by atoms with E-state index in [-0.39, 0.29) is 35.9 Å². The summed E-state index contributed by atoms with van der Waals surface area (Å²) >= 11 is 7.60. The molecule has 2 amide bonds. The highest BCUT2D eigenvalue weighted by atomic mass is 35.5. The molecule has 2 heterocycles. The zero-order valence-corrected chi connectivity index (χ0v) is 23.7. The predicted molar refractivity (Wildman–Crippen MR) is 157 cm³/mol. The van der Waals surface area contributed by atoms with Crippen LogP contribution in [0.2, 0.25) is 5.02 Å². The highest BCUT2D eigenvalue weighted by Gasteiger charge is 2.58. The van der Waals surface area contributed by atoms with Crippen LogP contribution in [0, 0.1) is 17.7 Å². The Bertz CT molecular complexity index is 1540. The first-order valence-corrected chi connectivity index (χ1v) is 14.9. The van der Waals surface area contributed by atoms with E-state index in [0.717, 1.165) is 29.5 Å². The molecule has 208 valence electrons. The van der Waals surface area contributed by atoms with Gasteiger partial charge in [0, 0.05) is 23.4 Å². The lowest BCUT2D eigenvalue weighted by molar-refractivity contribution is -0.142. The van der Waals surface area contributed by atoms with Gasteiger partial charge in [-0.15, -0.1) is 11.3 Å². The van der Waals surface area contributed by atoms with Crippen molar-refractivity contribution in [2.24, 2.45) is 11.8 Å². The number of carbonyl (C=O) groups is 3. The highest BCUT2D eigenvalue weighted by molar-refractivity contribution is 7.12. The van der Waals surface area contributed by atoms with E-state index in [1.165, 1.54) is 23.5 Å². The summed E-state index contributed by atoms with van der Waals surface area (Å²) in [5.74, 6) is -2.43. The lowest BCUT2D eigenvalue weighted by atomic mass is 9.77. The standard InChI is InChI=1S/C33H28ClFN2O3S/c34-24-14-12-21(13-15-24)27-28(31(38)26-7-4-18-41-26)29(22-5-2-1-3-6-22)37(33(40)23-10-11-23)30(27)32(39)36-19-20-8-16-25(35)17-9-20/h1-9,12-18,23,27-30H,10-11,19H2,(H,36,39). The second-order valence-corrected chi connectivity index (χ2v) is 12.0. The maximum absolute atomic E-state index is 14.4. The van der Waals surface area contributed by atoms with Crippen LogP contribution in [0.25, 0.3) is 0 Å². The smallest absolute Gasteiger partial charge is 0.243 e. The van der Waals surface area contributed by atoms with Crippen LogP contribution in [-0.4, -0.2) is 28.5 Å². The number of carbonyl (C=O) groups excluding carboxylic acids is 3. The molecular weight excluding hydrogens is 559 g/mol. The molecule has 8 heteroatoms. The Labute approximate surface area is 247 Å². The van der Waals surface area contributed by atoms with Crippen molar-refractivity contribution in [3.05, 3.63) is 129 Å². The van der Waals surface area contributed by atoms with Crippen LogP contribution < -0.4 is 5.32 Å². The first-order chi connectivity index (χ1) is 19.9. The molecule has 3 aromatic carbocycles. The van der Waals surface area contributed by atoms with Crippen LogP contribution in [0.5, 0.6) is 0 Å². The molecule has 41 heavy (non-hydrogen) atoms. The fourth-order valence-corrected chi connectivity index (χ4v) is 6.73. The molecular formula is C33H28ClFN2O3S. The number of ketones is 1. The Morgan fingerprint density at radius 2 is 1.59 bits per heavy atom. The number of thiophene rings is 1. The Kier molecular flexibility index (Phi) is 7.73. The summed E-state index contributed by atoms with van der Waals surface area (Å²) in [5.41, 5.74) is 2.30. The van der Waals surface area contributed by atoms with E-state index in [4.69, 9.17) is 11.6 Å². The van der Waals surface area contributed by atoms with Gasteiger partial charge in [0.2, 0.25) is 11.8 Å². The summed E-state index contributed by atoms with van der Waals surface area (Å²) in [5, 5.41) is 5.39. The van der Waals surface area contributed by atoms with Gasteiger partial charge in [0.05, 0.1) is 16.8 Å². The van der Waals surface area contributed by atoms with Gasteiger partial charge in [-0.3, -0.25) is 14.4 Å². The van der Waals surface area contributed by atoms with E-state index >= 15 is 0 Å². The van der Waals surface area contributed by atoms with Crippen LogP contribution in [0.3, 0.4) is 0 Å². The summed E-state index contributed by atoms with van der Waals surface area (Å²) in [6.45, 7) is 0.161. The van der Waals surface area contributed by atoms with Crippen molar-refractivity contribution in [2.75, 3.05) is 0 Å². The molecule has 4 atom stereocenters. The summed E-state index contributed by atoms with van der Waals surface area (Å²) in [6, 6.07) is 24.7. The third-order valence-corrected chi connectivity index (χ3v) is 9.10. The third kappa shape index (κ3) is 5.56. The molecule has 5 nitrogen and oxygen atoms in total. The largest absolute Gasteiger partial charge is 0.350 e. The molecule has 4 aromatic rings. The van der Waals surface area contributed by atoms with Gasteiger partial charge in [-0.2, -0.15) is 0 Å². The molecule has 1 aliphatic heterocycles. The molecule has 2 fully saturated rings. The van der Waals surface area contributed by atoms with Crippen molar-refractivity contribution < 1.29 is 18.8 Å². The van der Waals surface area contributed by atoms with E-state index in [2.05, 4.69) is 5.32 Å². The molecule has 6 rings (SSSR count). The number of likely N-dealkylation sites (tertiary alicyclic amines) is 1. The van der Waals surface area contributed by atoms with Crippen LogP contribution in [0.4, 0.5) is 4.39 Å². The average Bonchev–Trinajstić information content (AvgIpc) is 3.57. The highest BCUT2D eigenvalue weighted by Crippen LogP contribution is 2.53. The number of Topliss-reactive ketones (excluding diaryl/α,β-unsaturated/α-hetero) is 1. The van der Waals surface area contributed by atoms with E-state index in [0.29, 0.717) is 9.90 Å². The fraction of sp³-hybridized carbons (Fsp3) is 0.242. The molecule has 1 saturated carbocycles. The number of benzene rings is 3. The molecule has 1 saturated heterocycles. The maximum atomic E-state index is 14.4. The minimum Gasteiger partial charge on any atom is -0.350 e. The Hall–Kier alpha value is -3.81. The number of hydrogen-bond acceptors (Lipinski definition) is 4. The van der Waals surface area contributed by atoms with E-state index < -0.39 is 23.9 Å². The van der Waals surface area contributed by atoms with Gasteiger partial charge in [-0.1, -0.05) is 72.3 Å². The van der Waals surface area contributed by atoms with Crippen molar-refractivity contribution in [3.63, 3.8) is 0 Å². The SMILES string of the molecule is O=C(c1cccs1)C1C(c2ccc(Cl)cc2)C(C(=O)NCc2ccc(F)cc2)N(C(=O)C2CC2)C1c1ccccc1. The first kappa shape index (κ1) is 27.4. The van der Waals surface area contributed by atoms with Gasteiger partial charge in [0.25, 0.3) is 0 Å². The van der Waals surface area contributed by atoms with Crippen LogP contribution in [0.15, 0.2) is 96.4 Å². The molecule has 1 aromatic heterocycles. The number of halogens is 2. The maximum Gasteiger partial charge on any atom is 0.243 e. The minimum absolute atomic E-state index is 0.101. The average molecular weight is 587 g/mol. The van der Waals surface area contributed by atoms with Crippen molar-refractivity contribution in [1.82, 2.24) is 10.2 Å². The molecule has 0 bridgehead atoms. The lowest BCUT2D eigenvalue weighted by Gasteiger charge is -2.32. The molecule has 4 unspecified atom stereocenters. The van der Waals surface area contributed by atoms with Crippen LogP contribution in [0.1, 0.15) is 51.2 Å². The predicted octanol–water partition coefficient (Wildman–Crippen LogP) is 6.80. The van der Waals surface area contributed by atoms with Crippen molar-refractivity contribution in [2.45, 2.75) is 37.4 Å². The molecule has 1 aliphatic carbocycles. The number of rotatable bonds is 8. The number of nitrogens with zero attached hydrogens (tertiary/aromatic N) is 1. The van der Waals surface area contributed by atoms with E-state index in [1.54, 1.807) is 35.2 Å². The van der Waals surface area contributed by atoms with Gasteiger partial charge >= 0.3 is 0 Å². The summed E-state index contributed by atoms with van der Waals surface area (Å²) in [4.78, 5) is 44.9. The Morgan fingerprint density at radius 1 is 0.878 bits per heavy atom. The van der Waals surface area contributed by atoms with Crippen LogP contribution >= 0.6 is 22.9 Å². The first-order valence-electron chi connectivity index (χ1n) is 13.6. The normalized spacial score (nSPS) is 22.0. The van der Waals surface area contributed by atoms with Crippen molar-refractivity contribution >= 4 is 40.5 Å². The monoisotopic (exact) mass is 586 g/mol. The minimum atomic E-state index is -0.941. The summed E-state index contributed by atoms with van der Waals surface area (Å²) in [6.07, 6.45) is 1.52. The topological polar surface area (TPSA) is 66.5 Å². The number of nitrogens with one attached hydrogen (secondary N) is 1. The third-order valence-electron chi connectivity index (χ3n) is 7.96. The van der Waals surface area contributed by atoms with Gasteiger partial charge in [0.1, 0.15) is 11.9 Å². The van der Waals surface area contributed by atoms with Gasteiger partial charge in [0.15, 0.2) is 5.78 Å². The second kappa shape index (κ2) is 11.6. The zero-order chi connectivity index (χ0) is 28.5. The second-order valence-electron chi connectivity index (χ2n) is 10.6. The summed E-state index contributed by atoms with van der Waals surface area (Å²) in [7, 11) is 0. The molecule has 2 aliphatic rings. The van der Waals surface area contributed by atoms with Crippen molar-refractivity contribution in [1.29, 1.82) is 0 Å². The molecule has 0 radical (unpaired) electrons. The Morgan fingerprint density at radius 3 is 2.22 bits per heavy atom. The van der Waals surface area contributed by atoms with Crippen molar-refractivity contribution in [3.8, 4) is 0 Å².